The molecule has 0 saturated carbocycles. The van der Waals surface area contributed by atoms with E-state index in [4.69, 9.17) is 0 Å². The van der Waals surface area contributed by atoms with E-state index >= 15 is 0 Å². The molecule has 24 heavy (non-hydrogen) atoms. The van der Waals surface area contributed by atoms with Gasteiger partial charge in [0.2, 0.25) is 0 Å². The largest absolute Gasteiger partial charge is 0.304 e. The summed E-state index contributed by atoms with van der Waals surface area (Å²) in [5.41, 5.74) is 3.29. The number of hydrogen-bond acceptors (Lipinski definition) is 6. The zero-order valence-corrected chi connectivity index (χ0v) is 14.5. The molecule has 0 saturated heterocycles. The highest BCUT2D eigenvalue weighted by Gasteiger charge is 2.20. The predicted molar refractivity (Wildman–Crippen MR) is 91.8 cm³/mol. The number of fused-ring (bicyclic) bond motifs is 1. The Hall–Kier alpha value is -2.28. The fraction of sp³-hybridized carbons (Fsp3) is 0.353. The molecule has 0 radical (unpaired) electrons. The van der Waals surface area contributed by atoms with Crippen molar-refractivity contribution in [3.05, 3.63) is 41.5 Å². The standard InChI is InChI=1S/C17H18N6S/c1-11-19-13-8-4-3-7-12(13)16(20-11)24-17-22-21-15(23(17)2)14-9-5-6-10-18-14/h5-6,9-10H,3-4,7-8H2,1-2H3. The van der Waals surface area contributed by atoms with Crippen molar-refractivity contribution in [3.63, 3.8) is 0 Å². The summed E-state index contributed by atoms with van der Waals surface area (Å²) in [4.78, 5) is 13.6. The van der Waals surface area contributed by atoms with E-state index in [1.807, 2.05) is 36.7 Å². The maximum absolute atomic E-state index is 4.66. The van der Waals surface area contributed by atoms with Crippen LogP contribution in [0.3, 0.4) is 0 Å². The zero-order valence-electron chi connectivity index (χ0n) is 13.7. The van der Waals surface area contributed by atoms with Gasteiger partial charge in [-0.3, -0.25) is 4.98 Å². The van der Waals surface area contributed by atoms with E-state index in [1.165, 1.54) is 24.1 Å². The normalized spacial score (nSPS) is 13.8. The third-order valence-electron chi connectivity index (χ3n) is 4.17. The van der Waals surface area contributed by atoms with Gasteiger partial charge in [0, 0.05) is 24.5 Å². The molecule has 0 aliphatic heterocycles. The van der Waals surface area contributed by atoms with Gasteiger partial charge in [-0.2, -0.15) is 0 Å². The van der Waals surface area contributed by atoms with Gasteiger partial charge < -0.3 is 4.57 Å². The molecule has 0 unspecified atom stereocenters. The lowest BCUT2D eigenvalue weighted by Crippen LogP contribution is -2.10. The number of aryl methyl sites for hydroxylation is 2. The van der Waals surface area contributed by atoms with Crippen LogP contribution in [-0.2, 0) is 19.9 Å². The Morgan fingerprint density at radius 2 is 1.96 bits per heavy atom. The minimum Gasteiger partial charge on any atom is -0.304 e. The lowest BCUT2D eigenvalue weighted by Gasteiger charge is -2.17. The first-order chi connectivity index (χ1) is 11.7. The smallest absolute Gasteiger partial charge is 0.197 e. The molecule has 0 spiro atoms. The Morgan fingerprint density at radius 1 is 1.08 bits per heavy atom. The summed E-state index contributed by atoms with van der Waals surface area (Å²) in [5.74, 6) is 1.59. The van der Waals surface area contributed by atoms with Gasteiger partial charge in [-0.25, -0.2) is 9.97 Å². The number of rotatable bonds is 3. The average molecular weight is 338 g/mol. The fourth-order valence-electron chi connectivity index (χ4n) is 2.97. The molecule has 0 fully saturated rings. The van der Waals surface area contributed by atoms with Gasteiger partial charge in [0.25, 0.3) is 0 Å². The maximum Gasteiger partial charge on any atom is 0.197 e. The summed E-state index contributed by atoms with van der Waals surface area (Å²) < 4.78 is 1.97. The summed E-state index contributed by atoms with van der Waals surface area (Å²) in [7, 11) is 1.97. The second kappa shape index (κ2) is 6.32. The number of hydrogen-bond donors (Lipinski definition) is 0. The van der Waals surface area contributed by atoms with Crippen LogP contribution in [0.5, 0.6) is 0 Å². The molecule has 3 heterocycles. The first-order valence-electron chi connectivity index (χ1n) is 8.07. The summed E-state index contributed by atoms with van der Waals surface area (Å²) in [6.45, 7) is 1.95. The van der Waals surface area contributed by atoms with E-state index in [-0.39, 0.29) is 0 Å². The van der Waals surface area contributed by atoms with Crippen molar-refractivity contribution in [2.45, 2.75) is 42.8 Å². The van der Waals surface area contributed by atoms with E-state index in [9.17, 15) is 0 Å². The molecule has 3 aromatic heterocycles. The van der Waals surface area contributed by atoms with E-state index in [2.05, 4.69) is 25.1 Å². The summed E-state index contributed by atoms with van der Waals surface area (Å²) in [5, 5.41) is 10.5. The van der Waals surface area contributed by atoms with Crippen molar-refractivity contribution in [3.8, 4) is 11.5 Å². The van der Waals surface area contributed by atoms with Crippen LogP contribution in [-0.4, -0.2) is 29.7 Å². The van der Waals surface area contributed by atoms with Crippen LogP contribution >= 0.6 is 11.8 Å². The fourth-order valence-corrected chi connectivity index (χ4v) is 3.97. The molecule has 1 aliphatic rings. The lowest BCUT2D eigenvalue weighted by molar-refractivity contribution is 0.639. The van der Waals surface area contributed by atoms with Gasteiger partial charge in [0.05, 0.1) is 0 Å². The number of aromatic nitrogens is 6. The Balaban J connectivity index is 1.70. The van der Waals surface area contributed by atoms with Crippen LogP contribution in [0.15, 0.2) is 34.6 Å². The second-order valence-electron chi connectivity index (χ2n) is 5.89. The van der Waals surface area contributed by atoms with Gasteiger partial charge in [-0.05, 0) is 56.5 Å². The molecule has 0 bridgehead atoms. The number of pyridine rings is 1. The minimum atomic E-state index is 0.762. The Kier molecular flexibility index (Phi) is 4.02. The lowest BCUT2D eigenvalue weighted by atomic mass is 9.97. The molecular weight excluding hydrogens is 320 g/mol. The zero-order chi connectivity index (χ0) is 16.5. The van der Waals surface area contributed by atoms with E-state index in [1.54, 1.807) is 18.0 Å². The number of nitrogens with zero attached hydrogens (tertiary/aromatic N) is 6. The highest BCUT2D eigenvalue weighted by molar-refractivity contribution is 7.99. The topological polar surface area (TPSA) is 69.4 Å². The molecule has 0 aromatic carbocycles. The van der Waals surface area contributed by atoms with Gasteiger partial charge >= 0.3 is 0 Å². The average Bonchev–Trinajstić information content (AvgIpc) is 2.96. The van der Waals surface area contributed by atoms with Gasteiger partial charge in [0.1, 0.15) is 16.5 Å². The summed E-state index contributed by atoms with van der Waals surface area (Å²) >= 11 is 1.57. The monoisotopic (exact) mass is 338 g/mol. The van der Waals surface area contributed by atoms with Crippen molar-refractivity contribution in [2.75, 3.05) is 0 Å². The first-order valence-corrected chi connectivity index (χ1v) is 8.89. The predicted octanol–water partition coefficient (Wildman–Crippen LogP) is 3.01. The van der Waals surface area contributed by atoms with Crippen LogP contribution in [0.25, 0.3) is 11.5 Å². The SMILES string of the molecule is Cc1nc2c(c(Sc3nnc(-c4ccccn4)n3C)n1)CCCC2. The Bertz CT molecular complexity index is 874. The molecule has 1 aliphatic carbocycles. The van der Waals surface area contributed by atoms with Crippen molar-refractivity contribution in [2.24, 2.45) is 7.05 Å². The third kappa shape index (κ3) is 2.80. The van der Waals surface area contributed by atoms with Crippen LogP contribution < -0.4 is 0 Å². The van der Waals surface area contributed by atoms with Crippen molar-refractivity contribution < 1.29 is 0 Å². The molecule has 122 valence electrons. The highest BCUT2D eigenvalue weighted by Crippen LogP contribution is 2.33. The Labute approximate surface area is 144 Å². The van der Waals surface area contributed by atoms with Crippen molar-refractivity contribution in [1.82, 2.24) is 29.7 Å². The molecule has 7 heteroatoms. The quantitative estimate of drug-likeness (QED) is 0.684. The van der Waals surface area contributed by atoms with Crippen molar-refractivity contribution >= 4 is 11.8 Å². The van der Waals surface area contributed by atoms with Gasteiger partial charge in [-0.15, -0.1) is 10.2 Å². The minimum absolute atomic E-state index is 0.762. The van der Waals surface area contributed by atoms with Crippen LogP contribution in [0.1, 0.15) is 29.9 Å². The highest BCUT2D eigenvalue weighted by atomic mass is 32.2. The Morgan fingerprint density at radius 3 is 2.79 bits per heavy atom. The second-order valence-corrected chi connectivity index (χ2v) is 6.85. The molecule has 0 atom stereocenters. The molecule has 4 rings (SSSR count). The third-order valence-corrected chi connectivity index (χ3v) is 5.24. The first kappa shape index (κ1) is 15.3. The van der Waals surface area contributed by atoms with Gasteiger partial charge in [0.15, 0.2) is 11.0 Å². The molecular formula is C17H18N6S. The molecule has 6 nitrogen and oxygen atoms in total. The van der Waals surface area contributed by atoms with E-state index in [0.29, 0.717) is 0 Å². The van der Waals surface area contributed by atoms with E-state index < -0.39 is 0 Å². The molecule has 3 aromatic rings. The summed E-state index contributed by atoms with van der Waals surface area (Å²) in [6.07, 6.45) is 6.26. The molecule has 0 N–H and O–H groups in total. The summed E-state index contributed by atoms with van der Waals surface area (Å²) in [6, 6.07) is 5.79. The van der Waals surface area contributed by atoms with E-state index in [0.717, 1.165) is 40.4 Å². The van der Waals surface area contributed by atoms with Crippen LogP contribution in [0.2, 0.25) is 0 Å². The maximum atomic E-state index is 4.66. The van der Waals surface area contributed by atoms with Gasteiger partial charge in [-0.1, -0.05) is 6.07 Å². The van der Waals surface area contributed by atoms with Crippen LogP contribution in [0, 0.1) is 6.92 Å². The van der Waals surface area contributed by atoms with Crippen LogP contribution in [0.4, 0.5) is 0 Å². The van der Waals surface area contributed by atoms with Crippen molar-refractivity contribution in [1.29, 1.82) is 0 Å². The molecule has 0 amide bonds.